The lowest BCUT2D eigenvalue weighted by atomic mass is 9.98. The van der Waals surface area contributed by atoms with E-state index >= 15 is 0 Å². The van der Waals surface area contributed by atoms with Gasteiger partial charge in [-0.3, -0.25) is 0 Å². The number of allylic oxidation sites excluding steroid dienone is 1. The maximum absolute atomic E-state index is 3.80. The first-order valence-corrected chi connectivity index (χ1v) is 6.73. The van der Waals surface area contributed by atoms with E-state index in [-0.39, 0.29) is 0 Å². The van der Waals surface area contributed by atoms with Crippen LogP contribution in [0.2, 0.25) is 0 Å². The first-order chi connectivity index (χ1) is 7.39. The van der Waals surface area contributed by atoms with Gasteiger partial charge in [0.25, 0.3) is 0 Å². The topological polar surface area (TPSA) is 12.0 Å². The third-order valence-corrected chi connectivity index (χ3v) is 4.92. The Bertz CT molecular complexity index is 226. The van der Waals surface area contributed by atoms with E-state index in [0.29, 0.717) is 16.9 Å². The average molecular weight is 223 g/mol. The van der Waals surface area contributed by atoms with E-state index in [4.69, 9.17) is 0 Å². The van der Waals surface area contributed by atoms with Gasteiger partial charge in [0, 0.05) is 6.04 Å². The molecule has 0 radical (unpaired) electrons. The number of hydrogen-bond donors (Lipinski definition) is 1. The first-order valence-electron chi connectivity index (χ1n) is 6.73. The van der Waals surface area contributed by atoms with Crippen molar-refractivity contribution in [1.29, 1.82) is 0 Å². The molecule has 1 aliphatic carbocycles. The molecule has 0 amide bonds. The maximum Gasteiger partial charge on any atom is 0.0106 e. The molecule has 1 heteroatoms. The lowest BCUT2D eigenvalue weighted by Gasteiger charge is -2.20. The summed E-state index contributed by atoms with van der Waals surface area (Å²) in [5, 5.41) is 3.68. The standard InChI is InChI=1S/C15H29N/c1-7-9-10-11-12(16-8-2)13-14(3,4)15(13,5)6/h7,12-13,16H,1,8-11H2,2-6H3. The summed E-state index contributed by atoms with van der Waals surface area (Å²) in [6.07, 6.45) is 5.74. The highest BCUT2D eigenvalue weighted by atomic mass is 15.0. The lowest BCUT2D eigenvalue weighted by molar-refractivity contribution is 0.377. The van der Waals surface area contributed by atoms with E-state index in [1.54, 1.807) is 0 Å². The number of rotatable bonds is 7. The van der Waals surface area contributed by atoms with E-state index in [0.717, 1.165) is 18.9 Å². The van der Waals surface area contributed by atoms with Crippen molar-refractivity contribution in [2.24, 2.45) is 16.7 Å². The summed E-state index contributed by atoms with van der Waals surface area (Å²) in [6, 6.07) is 0.690. The van der Waals surface area contributed by atoms with Gasteiger partial charge in [-0.1, -0.05) is 40.7 Å². The van der Waals surface area contributed by atoms with E-state index in [1.807, 2.05) is 6.08 Å². The smallest absolute Gasteiger partial charge is 0.0106 e. The van der Waals surface area contributed by atoms with Crippen molar-refractivity contribution in [3.8, 4) is 0 Å². The molecule has 1 fully saturated rings. The van der Waals surface area contributed by atoms with Crippen LogP contribution in [0.1, 0.15) is 53.9 Å². The Morgan fingerprint density at radius 2 is 1.81 bits per heavy atom. The van der Waals surface area contributed by atoms with Gasteiger partial charge in [0.15, 0.2) is 0 Å². The lowest BCUT2D eigenvalue weighted by Crippen LogP contribution is -2.33. The third kappa shape index (κ3) is 2.34. The Morgan fingerprint density at radius 3 is 2.19 bits per heavy atom. The van der Waals surface area contributed by atoms with Crippen molar-refractivity contribution in [3.05, 3.63) is 12.7 Å². The quantitative estimate of drug-likeness (QED) is 0.508. The molecule has 1 nitrogen and oxygen atoms in total. The van der Waals surface area contributed by atoms with Crippen LogP contribution in [0.3, 0.4) is 0 Å². The summed E-state index contributed by atoms with van der Waals surface area (Å²) >= 11 is 0. The number of nitrogens with one attached hydrogen (secondary N) is 1. The van der Waals surface area contributed by atoms with E-state index in [2.05, 4.69) is 46.5 Å². The van der Waals surface area contributed by atoms with Gasteiger partial charge < -0.3 is 5.32 Å². The SMILES string of the molecule is C=CCCCC(NCC)C1C(C)(C)C1(C)C. The molecule has 1 N–H and O–H groups in total. The van der Waals surface area contributed by atoms with Crippen LogP contribution in [0.15, 0.2) is 12.7 Å². The molecular formula is C15H29N. The Labute approximate surface area is 102 Å². The van der Waals surface area contributed by atoms with E-state index in [1.165, 1.54) is 12.8 Å². The normalized spacial score (nSPS) is 24.1. The molecule has 94 valence electrons. The zero-order valence-corrected chi connectivity index (χ0v) is 11.8. The summed E-state index contributed by atoms with van der Waals surface area (Å²) in [7, 11) is 0. The molecule has 16 heavy (non-hydrogen) atoms. The fourth-order valence-corrected chi connectivity index (χ4v) is 3.38. The largest absolute Gasteiger partial charge is 0.314 e. The Hall–Kier alpha value is -0.300. The molecule has 0 heterocycles. The van der Waals surface area contributed by atoms with Crippen molar-refractivity contribution in [2.45, 2.75) is 59.9 Å². The molecule has 0 aromatic rings. The molecule has 0 spiro atoms. The molecule has 0 aromatic heterocycles. The molecule has 1 aliphatic rings. The van der Waals surface area contributed by atoms with Crippen LogP contribution in [0.5, 0.6) is 0 Å². The number of unbranched alkanes of at least 4 members (excludes halogenated alkanes) is 1. The molecule has 1 saturated carbocycles. The molecule has 0 saturated heterocycles. The second-order valence-electron chi connectivity index (χ2n) is 6.30. The second kappa shape index (κ2) is 4.91. The van der Waals surface area contributed by atoms with Gasteiger partial charge in [-0.2, -0.15) is 0 Å². The fraction of sp³-hybridized carbons (Fsp3) is 0.867. The minimum atomic E-state index is 0.494. The van der Waals surface area contributed by atoms with Gasteiger partial charge in [-0.15, -0.1) is 6.58 Å². The van der Waals surface area contributed by atoms with E-state index in [9.17, 15) is 0 Å². The average Bonchev–Trinajstić information content (AvgIpc) is 2.57. The van der Waals surface area contributed by atoms with Crippen molar-refractivity contribution in [3.63, 3.8) is 0 Å². The van der Waals surface area contributed by atoms with Crippen LogP contribution in [0, 0.1) is 16.7 Å². The summed E-state index contributed by atoms with van der Waals surface area (Å²) < 4.78 is 0. The van der Waals surface area contributed by atoms with Crippen LogP contribution in [-0.2, 0) is 0 Å². The van der Waals surface area contributed by atoms with Crippen molar-refractivity contribution in [2.75, 3.05) is 6.54 Å². The highest BCUT2D eigenvalue weighted by Crippen LogP contribution is 2.70. The predicted molar refractivity (Wildman–Crippen MR) is 72.6 cm³/mol. The molecule has 0 aromatic carbocycles. The summed E-state index contributed by atoms with van der Waals surface area (Å²) in [5.41, 5.74) is 0.988. The van der Waals surface area contributed by atoms with Gasteiger partial charge in [0.1, 0.15) is 0 Å². The van der Waals surface area contributed by atoms with Crippen molar-refractivity contribution in [1.82, 2.24) is 5.32 Å². The zero-order valence-electron chi connectivity index (χ0n) is 11.8. The summed E-state index contributed by atoms with van der Waals surface area (Å²) in [5.74, 6) is 0.824. The summed E-state index contributed by atoms with van der Waals surface area (Å²) in [4.78, 5) is 0. The van der Waals surface area contributed by atoms with Crippen molar-refractivity contribution >= 4 is 0 Å². The molecule has 1 unspecified atom stereocenters. The molecule has 1 rings (SSSR count). The van der Waals surface area contributed by atoms with Crippen LogP contribution in [0.4, 0.5) is 0 Å². The van der Waals surface area contributed by atoms with Crippen LogP contribution >= 0.6 is 0 Å². The zero-order chi connectivity index (χ0) is 12.4. The highest BCUT2D eigenvalue weighted by Gasteiger charge is 2.66. The molecule has 1 atom stereocenters. The minimum Gasteiger partial charge on any atom is -0.314 e. The van der Waals surface area contributed by atoms with Gasteiger partial charge in [0.05, 0.1) is 0 Å². The molecular weight excluding hydrogens is 194 g/mol. The predicted octanol–water partition coefficient (Wildman–Crippen LogP) is 4.00. The maximum atomic E-state index is 3.80. The monoisotopic (exact) mass is 223 g/mol. The number of hydrogen-bond acceptors (Lipinski definition) is 1. The Morgan fingerprint density at radius 1 is 1.25 bits per heavy atom. The van der Waals surface area contributed by atoms with Crippen LogP contribution in [0.25, 0.3) is 0 Å². The Balaban J connectivity index is 2.55. The van der Waals surface area contributed by atoms with Crippen LogP contribution < -0.4 is 5.32 Å². The minimum absolute atomic E-state index is 0.494. The van der Waals surface area contributed by atoms with Gasteiger partial charge in [0.2, 0.25) is 0 Å². The first kappa shape index (κ1) is 13.8. The van der Waals surface area contributed by atoms with E-state index < -0.39 is 0 Å². The summed E-state index contributed by atoms with van der Waals surface area (Å²) in [6.45, 7) is 16.7. The second-order valence-corrected chi connectivity index (χ2v) is 6.30. The molecule has 0 aliphatic heterocycles. The fourth-order valence-electron chi connectivity index (χ4n) is 3.38. The van der Waals surface area contributed by atoms with Crippen LogP contribution in [-0.4, -0.2) is 12.6 Å². The Kier molecular flexibility index (Phi) is 4.23. The van der Waals surface area contributed by atoms with Gasteiger partial charge >= 0.3 is 0 Å². The van der Waals surface area contributed by atoms with Crippen molar-refractivity contribution < 1.29 is 0 Å². The highest BCUT2D eigenvalue weighted by molar-refractivity contribution is 5.16. The third-order valence-electron chi connectivity index (χ3n) is 4.92. The van der Waals surface area contributed by atoms with Gasteiger partial charge in [-0.25, -0.2) is 0 Å². The van der Waals surface area contributed by atoms with Gasteiger partial charge in [-0.05, 0) is 42.6 Å². The molecule has 0 bridgehead atoms.